The predicted octanol–water partition coefficient (Wildman–Crippen LogP) is 1.85. The molecule has 0 heterocycles. The van der Waals surface area contributed by atoms with Gasteiger partial charge in [0, 0.05) is 12.0 Å². The summed E-state index contributed by atoms with van der Waals surface area (Å²) in [6, 6.07) is 5.31. The van der Waals surface area contributed by atoms with Crippen LogP contribution in [0, 0.1) is 0 Å². The summed E-state index contributed by atoms with van der Waals surface area (Å²) in [5.41, 5.74) is 0.756. The molecular weight excluding hydrogens is 236 g/mol. The predicted molar refractivity (Wildman–Crippen MR) is 65.2 cm³/mol. The topological polar surface area (TPSA) is 72.8 Å². The van der Waals surface area contributed by atoms with Crippen molar-refractivity contribution in [1.82, 2.24) is 0 Å². The molecule has 1 aromatic rings. The second-order valence-electron chi connectivity index (χ2n) is 3.92. The van der Waals surface area contributed by atoms with Crippen LogP contribution >= 0.6 is 0 Å². The molecule has 98 valence electrons. The highest BCUT2D eigenvalue weighted by Crippen LogP contribution is 2.36. The van der Waals surface area contributed by atoms with E-state index in [0.29, 0.717) is 11.5 Å². The Labute approximate surface area is 105 Å². The molecule has 5 heteroatoms. The SMILES string of the molecule is COc1cccc(C(C)CC(=O)C(=O)O)c1OC. The lowest BCUT2D eigenvalue weighted by Gasteiger charge is -2.16. The highest BCUT2D eigenvalue weighted by molar-refractivity contribution is 6.32. The fraction of sp³-hybridized carbons (Fsp3) is 0.385. The average molecular weight is 252 g/mol. The van der Waals surface area contributed by atoms with E-state index in [1.54, 1.807) is 25.1 Å². The largest absolute Gasteiger partial charge is 0.493 e. The number of Topliss-reactive ketones (excluding diaryl/α,β-unsaturated/α-hetero) is 1. The van der Waals surface area contributed by atoms with Crippen LogP contribution in [-0.2, 0) is 9.59 Å². The zero-order chi connectivity index (χ0) is 13.7. The number of rotatable bonds is 6. The molecule has 0 bridgehead atoms. The minimum atomic E-state index is -1.41. The molecule has 1 N–H and O–H groups in total. The van der Waals surface area contributed by atoms with Gasteiger partial charge in [-0.2, -0.15) is 0 Å². The van der Waals surface area contributed by atoms with Crippen molar-refractivity contribution < 1.29 is 24.2 Å². The Hall–Kier alpha value is -2.04. The van der Waals surface area contributed by atoms with Crippen LogP contribution in [-0.4, -0.2) is 31.1 Å². The number of carbonyl (C=O) groups excluding carboxylic acids is 1. The number of hydrogen-bond acceptors (Lipinski definition) is 4. The number of ether oxygens (including phenoxy) is 2. The minimum Gasteiger partial charge on any atom is -0.493 e. The quantitative estimate of drug-likeness (QED) is 0.782. The van der Waals surface area contributed by atoms with Crippen LogP contribution in [0.1, 0.15) is 24.8 Å². The maximum Gasteiger partial charge on any atom is 0.372 e. The van der Waals surface area contributed by atoms with Crippen LogP contribution in [0.15, 0.2) is 18.2 Å². The fourth-order valence-electron chi connectivity index (χ4n) is 1.78. The molecule has 1 aromatic carbocycles. The number of aliphatic carboxylic acids is 1. The summed E-state index contributed by atoms with van der Waals surface area (Å²) in [5.74, 6) is -1.38. The van der Waals surface area contributed by atoms with Gasteiger partial charge in [-0.1, -0.05) is 19.1 Å². The number of carbonyl (C=O) groups is 2. The normalized spacial score (nSPS) is 11.7. The van der Waals surface area contributed by atoms with Gasteiger partial charge in [0.1, 0.15) is 0 Å². The van der Waals surface area contributed by atoms with Crippen molar-refractivity contribution in [2.24, 2.45) is 0 Å². The van der Waals surface area contributed by atoms with Crippen molar-refractivity contribution in [3.05, 3.63) is 23.8 Å². The first-order chi connectivity index (χ1) is 8.51. The smallest absolute Gasteiger partial charge is 0.372 e. The molecule has 0 aliphatic rings. The molecule has 0 saturated heterocycles. The molecular formula is C13H16O5. The molecule has 1 atom stereocenters. The Balaban J connectivity index is 3.01. The van der Waals surface area contributed by atoms with Crippen LogP contribution in [0.5, 0.6) is 11.5 Å². The molecule has 1 unspecified atom stereocenters. The first kappa shape index (κ1) is 14.0. The Kier molecular flexibility index (Phi) is 4.71. The van der Waals surface area contributed by atoms with Gasteiger partial charge < -0.3 is 14.6 Å². The third-order valence-electron chi connectivity index (χ3n) is 2.69. The van der Waals surface area contributed by atoms with Crippen LogP contribution in [0.2, 0.25) is 0 Å². The lowest BCUT2D eigenvalue weighted by Crippen LogP contribution is -2.15. The molecule has 1 rings (SSSR count). The summed E-state index contributed by atoms with van der Waals surface area (Å²) in [4.78, 5) is 21.7. The van der Waals surface area contributed by atoms with Gasteiger partial charge in [0.2, 0.25) is 5.78 Å². The fourth-order valence-corrected chi connectivity index (χ4v) is 1.78. The van der Waals surface area contributed by atoms with E-state index in [-0.39, 0.29) is 12.3 Å². The number of hydrogen-bond donors (Lipinski definition) is 1. The first-order valence-electron chi connectivity index (χ1n) is 5.48. The van der Waals surface area contributed by atoms with Crippen LogP contribution < -0.4 is 9.47 Å². The summed E-state index contributed by atoms with van der Waals surface area (Å²) < 4.78 is 10.4. The number of methoxy groups -OCH3 is 2. The molecule has 0 aliphatic heterocycles. The van der Waals surface area contributed by atoms with Crippen LogP contribution in [0.25, 0.3) is 0 Å². The Bertz CT molecular complexity index is 453. The molecule has 0 aromatic heterocycles. The standard InChI is InChI=1S/C13H16O5/c1-8(7-10(14)13(15)16)9-5-4-6-11(17-2)12(9)18-3/h4-6,8H,7H2,1-3H3,(H,15,16). The summed E-state index contributed by atoms with van der Waals surface area (Å²) in [6.45, 7) is 1.78. The second-order valence-corrected chi connectivity index (χ2v) is 3.92. The van der Waals surface area contributed by atoms with E-state index in [4.69, 9.17) is 14.6 Å². The van der Waals surface area contributed by atoms with E-state index < -0.39 is 11.8 Å². The summed E-state index contributed by atoms with van der Waals surface area (Å²) >= 11 is 0. The Morgan fingerprint density at radius 1 is 1.28 bits per heavy atom. The Morgan fingerprint density at radius 3 is 2.44 bits per heavy atom. The van der Waals surface area contributed by atoms with E-state index in [0.717, 1.165) is 5.56 Å². The number of carboxylic acid groups (broad SMARTS) is 1. The van der Waals surface area contributed by atoms with Crippen molar-refractivity contribution in [2.45, 2.75) is 19.3 Å². The van der Waals surface area contributed by atoms with Gasteiger partial charge in [0.05, 0.1) is 14.2 Å². The van der Waals surface area contributed by atoms with Crippen molar-refractivity contribution in [3.8, 4) is 11.5 Å². The molecule has 5 nitrogen and oxygen atoms in total. The van der Waals surface area contributed by atoms with E-state index in [2.05, 4.69) is 0 Å². The van der Waals surface area contributed by atoms with Crippen molar-refractivity contribution in [3.63, 3.8) is 0 Å². The summed E-state index contributed by atoms with van der Waals surface area (Å²) in [5, 5.41) is 8.60. The van der Waals surface area contributed by atoms with Crippen LogP contribution in [0.3, 0.4) is 0 Å². The molecule has 0 spiro atoms. The molecule has 0 fully saturated rings. The number of carboxylic acids is 1. The van der Waals surface area contributed by atoms with E-state index in [9.17, 15) is 9.59 Å². The van der Waals surface area contributed by atoms with Crippen LogP contribution in [0.4, 0.5) is 0 Å². The van der Waals surface area contributed by atoms with Gasteiger partial charge in [-0.3, -0.25) is 4.79 Å². The molecule has 18 heavy (non-hydrogen) atoms. The zero-order valence-electron chi connectivity index (χ0n) is 10.6. The molecule has 0 amide bonds. The number of para-hydroxylation sites is 1. The number of ketones is 1. The van der Waals surface area contributed by atoms with Crippen molar-refractivity contribution in [2.75, 3.05) is 14.2 Å². The van der Waals surface area contributed by atoms with E-state index >= 15 is 0 Å². The lowest BCUT2D eigenvalue weighted by molar-refractivity contribution is -0.149. The second kappa shape index (κ2) is 6.05. The molecule has 0 saturated carbocycles. The molecule has 0 radical (unpaired) electrons. The first-order valence-corrected chi connectivity index (χ1v) is 5.48. The van der Waals surface area contributed by atoms with Crippen molar-refractivity contribution in [1.29, 1.82) is 0 Å². The highest BCUT2D eigenvalue weighted by atomic mass is 16.5. The average Bonchev–Trinajstić information content (AvgIpc) is 2.37. The Morgan fingerprint density at radius 2 is 1.94 bits per heavy atom. The minimum absolute atomic E-state index is 0.0706. The third-order valence-corrected chi connectivity index (χ3v) is 2.69. The van der Waals surface area contributed by atoms with E-state index in [1.165, 1.54) is 14.2 Å². The van der Waals surface area contributed by atoms with Gasteiger partial charge in [-0.25, -0.2) is 4.79 Å². The monoisotopic (exact) mass is 252 g/mol. The van der Waals surface area contributed by atoms with Gasteiger partial charge in [-0.05, 0) is 12.0 Å². The van der Waals surface area contributed by atoms with Gasteiger partial charge in [-0.15, -0.1) is 0 Å². The maximum atomic E-state index is 11.2. The summed E-state index contributed by atoms with van der Waals surface area (Å²) in [7, 11) is 3.03. The van der Waals surface area contributed by atoms with Crippen molar-refractivity contribution >= 4 is 11.8 Å². The lowest BCUT2D eigenvalue weighted by atomic mass is 9.94. The zero-order valence-corrected chi connectivity index (χ0v) is 10.6. The van der Waals surface area contributed by atoms with Gasteiger partial charge in [0.15, 0.2) is 11.5 Å². The highest BCUT2D eigenvalue weighted by Gasteiger charge is 2.21. The number of benzene rings is 1. The summed E-state index contributed by atoms with van der Waals surface area (Å²) in [6.07, 6.45) is -0.0706. The molecule has 0 aliphatic carbocycles. The maximum absolute atomic E-state index is 11.2. The van der Waals surface area contributed by atoms with E-state index in [1.807, 2.05) is 0 Å². The third kappa shape index (κ3) is 3.00. The van der Waals surface area contributed by atoms with Gasteiger partial charge >= 0.3 is 5.97 Å². The van der Waals surface area contributed by atoms with Gasteiger partial charge in [0.25, 0.3) is 0 Å².